The fourth-order valence-electron chi connectivity index (χ4n) is 8.79. The van der Waals surface area contributed by atoms with E-state index in [9.17, 15) is 9.59 Å². The van der Waals surface area contributed by atoms with Crippen LogP contribution >= 0.6 is 90.2 Å². The van der Waals surface area contributed by atoms with Gasteiger partial charge in [-0.2, -0.15) is 47.0 Å². The van der Waals surface area contributed by atoms with Gasteiger partial charge < -0.3 is 9.47 Å². The monoisotopic (exact) mass is 964 g/mol. The summed E-state index contributed by atoms with van der Waals surface area (Å²) in [5.41, 5.74) is 2.55. The first-order valence-electron chi connectivity index (χ1n) is 23.2. The molecule has 2 bridgehead atoms. The molecule has 60 heavy (non-hydrogen) atoms. The summed E-state index contributed by atoms with van der Waals surface area (Å²) in [6, 6.07) is 16.2. The predicted octanol–water partition coefficient (Wildman–Crippen LogP) is 14.8. The number of carbonyl (C=O) groups excluding carboxylic acids is 2. The summed E-state index contributed by atoms with van der Waals surface area (Å²) in [5.74, 6) is 3.69. The van der Waals surface area contributed by atoms with E-state index >= 15 is 0 Å². The topological polar surface area (TPSA) is 52.6 Å². The van der Waals surface area contributed by atoms with Crippen LogP contribution in [0.4, 0.5) is 0 Å². The van der Waals surface area contributed by atoms with Crippen molar-refractivity contribution in [1.82, 2.24) is 0 Å². The molecule has 10 atom stereocenters. The summed E-state index contributed by atoms with van der Waals surface area (Å²) in [7, 11) is 8.90. The molecule has 6 fully saturated rings. The van der Waals surface area contributed by atoms with Gasteiger partial charge in [-0.05, 0) is 99.6 Å². The van der Waals surface area contributed by atoms with Crippen molar-refractivity contribution in [1.29, 1.82) is 0 Å². The molecule has 0 saturated carbocycles. The number of fused-ring (bicyclic) bond motifs is 2. The number of benzene rings is 2. The quantitative estimate of drug-likeness (QED) is 0.0297. The second-order valence-corrected chi connectivity index (χ2v) is 28.7. The first-order valence-corrected chi connectivity index (χ1v) is 31.7. The van der Waals surface area contributed by atoms with E-state index in [0.29, 0.717) is 24.3 Å². The molecular weight excluding hydrogens is 897 g/mol. The van der Waals surface area contributed by atoms with Crippen molar-refractivity contribution < 1.29 is 19.1 Å². The van der Waals surface area contributed by atoms with Crippen LogP contribution in [0.1, 0.15) is 141 Å². The molecule has 12 heteroatoms. The van der Waals surface area contributed by atoms with Gasteiger partial charge in [-0.15, -0.1) is 0 Å². The maximum atomic E-state index is 11.6. The molecule has 6 aliphatic heterocycles. The Hall–Kier alpha value is 0.180. The van der Waals surface area contributed by atoms with E-state index in [0.717, 1.165) is 65.3 Å². The van der Waals surface area contributed by atoms with Crippen LogP contribution in [0.2, 0.25) is 0 Å². The molecule has 0 radical (unpaired) electrons. The van der Waals surface area contributed by atoms with Crippen LogP contribution in [0.25, 0.3) is 0 Å². The zero-order chi connectivity index (χ0) is 41.5. The van der Waals surface area contributed by atoms with E-state index in [2.05, 4.69) is 102 Å². The average molecular weight is 966 g/mol. The molecule has 0 aromatic heterocycles. The van der Waals surface area contributed by atoms with Gasteiger partial charge in [-0.25, -0.2) is 0 Å². The Morgan fingerprint density at radius 3 is 1.57 bits per heavy atom. The summed E-state index contributed by atoms with van der Waals surface area (Å²) in [6.45, 7) is 3.67. The molecule has 2 aromatic rings. The van der Waals surface area contributed by atoms with E-state index in [1.807, 2.05) is 50.2 Å². The number of hydrogen-bond acceptors (Lipinski definition) is 12. The summed E-state index contributed by atoms with van der Waals surface area (Å²) in [6.07, 6.45) is 24.8. The van der Waals surface area contributed by atoms with Crippen molar-refractivity contribution in [2.75, 3.05) is 11.5 Å². The summed E-state index contributed by atoms with van der Waals surface area (Å²) in [4.78, 5) is 23.2. The molecule has 0 aliphatic carbocycles. The molecule has 332 valence electrons. The number of rotatable bonds is 26. The smallest absolute Gasteiger partial charge is 0.310 e. The third-order valence-electron chi connectivity index (χ3n) is 12.5. The van der Waals surface area contributed by atoms with Gasteiger partial charge in [0.2, 0.25) is 0 Å². The molecule has 4 nitrogen and oxygen atoms in total. The highest BCUT2D eigenvalue weighted by Crippen LogP contribution is 2.59. The van der Waals surface area contributed by atoms with Gasteiger partial charge in [0.1, 0.15) is 11.5 Å². The van der Waals surface area contributed by atoms with E-state index < -0.39 is 0 Å². The Balaban J connectivity index is 0.697. The van der Waals surface area contributed by atoms with Crippen LogP contribution in [-0.4, -0.2) is 75.9 Å². The second-order valence-electron chi connectivity index (χ2n) is 17.4. The van der Waals surface area contributed by atoms with Crippen molar-refractivity contribution in [3.05, 3.63) is 59.7 Å². The summed E-state index contributed by atoms with van der Waals surface area (Å²) < 4.78 is 10.8. The molecule has 6 saturated heterocycles. The predicted molar refractivity (Wildman–Crippen MR) is 274 cm³/mol. The minimum atomic E-state index is -0.164. The van der Waals surface area contributed by atoms with E-state index in [1.54, 1.807) is 0 Å². The lowest BCUT2D eigenvalue weighted by Crippen LogP contribution is -2.48. The molecule has 6 aliphatic rings. The fraction of sp³-hybridized carbons (Fsp3) is 0.708. The molecule has 0 spiro atoms. The van der Waals surface area contributed by atoms with Gasteiger partial charge >= 0.3 is 11.9 Å². The lowest BCUT2D eigenvalue weighted by atomic mass is 10.0. The van der Waals surface area contributed by atoms with Crippen molar-refractivity contribution >= 4 is 102 Å². The minimum absolute atomic E-state index is 0.163. The fourth-order valence-corrected chi connectivity index (χ4v) is 22.4. The number of ether oxygens (including phenoxy) is 2. The normalized spacial score (nSPS) is 29.5. The van der Waals surface area contributed by atoms with E-state index in [1.165, 1.54) is 125 Å². The minimum Gasteiger partial charge on any atom is -0.427 e. The summed E-state index contributed by atoms with van der Waals surface area (Å²) in [5, 5.41) is 8.91. The van der Waals surface area contributed by atoms with Crippen molar-refractivity contribution in [2.24, 2.45) is 0 Å². The Morgan fingerprint density at radius 1 is 0.533 bits per heavy atom. The molecule has 8 rings (SSSR count). The van der Waals surface area contributed by atoms with Crippen LogP contribution in [0.3, 0.4) is 0 Å². The number of carbonyl (C=O) groups is 2. The molecule has 6 heterocycles. The zero-order valence-corrected chi connectivity index (χ0v) is 42.4. The van der Waals surface area contributed by atoms with Crippen LogP contribution in [0, 0.1) is 0 Å². The van der Waals surface area contributed by atoms with Crippen LogP contribution < -0.4 is 9.47 Å². The maximum absolute atomic E-state index is 11.6. The Labute approximate surface area is 395 Å². The third kappa shape index (κ3) is 16.3. The standard InChI is InChI=1S/C48H68O4S8/c1-3-47(49)51-35-21-15-19-33(25-35)17-11-7-5-9-13-23-39-43(56-39)29-46-42(57-46)28-38-32-54-53-31-37(59-60-38)27-41-45-30-44(58-45)40(55-41)24-14-10-6-8-12-18-34-20-16-22-36(26-34)52-48(50)4-2/h15-16,19-22,25-26,37-46H,3-14,17-18,23-24,27-32H2,1-2H3. The molecule has 2 aromatic carbocycles. The van der Waals surface area contributed by atoms with E-state index in [-0.39, 0.29) is 11.9 Å². The number of thioether (sulfide) groups is 4. The average Bonchev–Trinajstić information content (AvgIpc) is 4.16. The molecule has 0 amide bonds. The lowest BCUT2D eigenvalue weighted by molar-refractivity contribution is -0.134. The third-order valence-corrected chi connectivity index (χ3v) is 25.6. The number of aryl methyl sites for hydroxylation is 2. The van der Waals surface area contributed by atoms with Crippen molar-refractivity contribution in [2.45, 2.75) is 195 Å². The van der Waals surface area contributed by atoms with Gasteiger partial charge in [0, 0.05) is 76.8 Å². The highest BCUT2D eigenvalue weighted by Gasteiger charge is 2.49. The van der Waals surface area contributed by atoms with Crippen LogP contribution in [0.15, 0.2) is 48.5 Å². The largest absolute Gasteiger partial charge is 0.427 e. The lowest BCUT2D eigenvalue weighted by Gasteiger charge is -2.51. The molecular formula is C48H68O4S8. The number of esters is 2. The highest BCUT2D eigenvalue weighted by molar-refractivity contribution is 8.80. The number of hydrogen-bond donors (Lipinski definition) is 0. The van der Waals surface area contributed by atoms with E-state index in [4.69, 9.17) is 9.47 Å². The zero-order valence-electron chi connectivity index (χ0n) is 35.8. The number of unbranched alkanes of at least 4 members (excludes halogenated alkanes) is 8. The SMILES string of the molecule is CCC(=O)Oc1cccc(CCCCCCCC2SC2CC2SC2CC2CSSCC(CC3SC(CCCCCCCc4cccc(OC(=O)CC)c4)C4CC3S4)SS2)c1. The Kier molecular flexibility index (Phi) is 20.7. The Morgan fingerprint density at radius 2 is 0.983 bits per heavy atom. The van der Waals surface area contributed by atoms with Gasteiger partial charge in [-0.3, -0.25) is 9.59 Å². The van der Waals surface area contributed by atoms with Crippen LogP contribution in [-0.2, 0) is 22.4 Å². The molecule has 10 unspecified atom stereocenters. The van der Waals surface area contributed by atoms with Gasteiger partial charge in [0.25, 0.3) is 0 Å². The first-order chi connectivity index (χ1) is 29.4. The maximum Gasteiger partial charge on any atom is 0.310 e. The highest BCUT2D eigenvalue weighted by atomic mass is 33.1. The van der Waals surface area contributed by atoms with Gasteiger partial charge in [-0.1, -0.05) is 133 Å². The van der Waals surface area contributed by atoms with Crippen molar-refractivity contribution in [3.8, 4) is 11.5 Å². The Bertz CT molecular complexity index is 1620. The molecule has 0 N–H and O–H groups in total. The van der Waals surface area contributed by atoms with Gasteiger partial charge in [0.15, 0.2) is 0 Å². The second kappa shape index (κ2) is 25.8. The van der Waals surface area contributed by atoms with Crippen molar-refractivity contribution in [3.63, 3.8) is 0 Å². The first kappa shape index (κ1) is 48.1. The van der Waals surface area contributed by atoms with Crippen LogP contribution in [0.5, 0.6) is 11.5 Å². The summed E-state index contributed by atoms with van der Waals surface area (Å²) >= 11 is 9.33. The van der Waals surface area contributed by atoms with Gasteiger partial charge in [0.05, 0.1) is 0 Å².